The molecule has 0 spiro atoms. The summed E-state index contributed by atoms with van der Waals surface area (Å²) in [6.07, 6.45) is 1.71. The number of nitrogens with one attached hydrogen (secondary N) is 1. The average Bonchev–Trinajstić information content (AvgIpc) is 2.81. The van der Waals surface area contributed by atoms with Crippen LogP contribution in [0.25, 0.3) is 0 Å². The molecule has 0 saturated carbocycles. The summed E-state index contributed by atoms with van der Waals surface area (Å²) in [7, 11) is 0. The number of carbonyl (C=O) groups excluding carboxylic acids is 1. The highest BCUT2D eigenvalue weighted by Gasteiger charge is 2.58. The normalized spacial score (nSPS) is 32.4. The lowest BCUT2D eigenvalue weighted by molar-refractivity contribution is -0.179. The van der Waals surface area contributed by atoms with E-state index in [1.165, 1.54) is 0 Å². The minimum Gasteiger partial charge on any atom is -0.465 e. The first-order valence-corrected chi connectivity index (χ1v) is 6.33. The molecule has 2 heterocycles. The number of hydrogen-bond acceptors (Lipinski definition) is 5. The van der Waals surface area contributed by atoms with Crippen LogP contribution in [0.3, 0.4) is 0 Å². The SMILES string of the molecule is CCOC(=O)C1(C2(O)CCNCC2)CCOC1. The monoisotopic (exact) mass is 243 g/mol. The van der Waals surface area contributed by atoms with Crippen LogP contribution in [0.2, 0.25) is 0 Å². The number of piperidine rings is 1. The molecule has 1 atom stereocenters. The molecule has 2 aliphatic rings. The van der Waals surface area contributed by atoms with Gasteiger partial charge in [-0.2, -0.15) is 0 Å². The molecule has 0 aliphatic carbocycles. The fourth-order valence-corrected chi connectivity index (χ4v) is 2.87. The van der Waals surface area contributed by atoms with Gasteiger partial charge in [-0.1, -0.05) is 0 Å². The quantitative estimate of drug-likeness (QED) is 0.687. The van der Waals surface area contributed by atoms with Crippen molar-refractivity contribution in [2.45, 2.75) is 31.8 Å². The maximum absolute atomic E-state index is 12.2. The molecule has 0 radical (unpaired) electrons. The second kappa shape index (κ2) is 4.92. The van der Waals surface area contributed by atoms with Gasteiger partial charge in [0.15, 0.2) is 0 Å². The van der Waals surface area contributed by atoms with Gasteiger partial charge in [-0.15, -0.1) is 0 Å². The molecule has 17 heavy (non-hydrogen) atoms. The van der Waals surface area contributed by atoms with E-state index in [0.29, 0.717) is 32.5 Å². The van der Waals surface area contributed by atoms with E-state index < -0.39 is 11.0 Å². The van der Waals surface area contributed by atoms with Gasteiger partial charge in [0.1, 0.15) is 5.41 Å². The second-order valence-electron chi connectivity index (χ2n) is 4.89. The molecule has 2 saturated heterocycles. The number of rotatable bonds is 3. The van der Waals surface area contributed by atoms with E-state index in [1.807, 2.05) is 0 Å². The van der Waals surface area contributed by atoms with Crippen LogP contribution in [0.15, 0.2) is 0 Å². The Hall–Kier alpha value is -0.650. The van der Waals surface area contributed by atoms with Crippen molar-refractivity contribution in [2.24, 2.45) is 5.41 Å². The van der Waals surface area contributed by atoms with Crippen molar-refractivity contribution >= 4 is 5.97 Å². The van der Waals surface area contributed by atoms with Gasteiger partial charge in [-0.05, 0) is 39.3 Å². The molecule has 98 valence electrons. The Labute approximate surface area is 101 Å². The summed E-state index contributed by atoms with van der Waals surface area (Å²) in [5.41, 5.74) is -1.84. The third-order valence-corrected chi connectivity index (χ3v) is 4.01. The summed E-state index contributed by atoms with van der Waals surface area (Å²) in [5, 5.41) is 14.0. The molecule has 2 aliphatic heterocycles. The molecule has 0 aromatic carbocycles. The van der Waals surface area contributed by atoms with Crippen molar-refractivity contribution in [2.75, 3.05) is 32.9 Å². The topological polar surface area (TPSA) is 67.8 Å². The maximum atomic E-state index is 12.2. The van der Waals surface area contributed by atoms with Crippen molar-refractivity contribution in [3.63, 3.8) is 0 Å². The Morgan fingerprint density at radius 2 is 2.12 bits per heavy atom. The summed E-state index contributed by atoms with van der Waals surface area (Å²) in [5.74, 6) is -0.304. The molecule has 1 unspecified atom stereocenters. The third-order valence-electron chi connectivity index (χ3n) is 4.01. The standard InChI is InChI=1S/C12H21NO4/c1-2-17-10(14)11(5-8-16-9-11)12(15)3-6-13-7-4-12/h13,15H,2-9H2,1H3. The van der Waals surface area contributed by atoms with E-state index in [-0.39, 0.29) is 12.6 Å². The lowest BCUT2D eigenvalue weighted by Gasteiger charge is -2.44. The maximum Gasteiger partial charge on any atom is 0.317 e. The van der Waals surface area contributed by atoms with E-state index in [9.17, 15) is 9.90 Å². The Balaban J connectivity index is 2.23. The minimum atomic E-state index is -0.985. The lowest BCUT2D eigenvalue weighted by Crippen LogP contribution is -2.58. The van der Waals surface area contributed by atoms with Crippen LogP contribution >= 0.6 is 0 Å². The van der Waals surface area contributed by atoms with E-state index in [1.54, 1.807) is 6.92 Å². The number of carbonyl (C=O) groups is 1. The van der Waals surface area contributed by atoms with Gasteiger partial charge in [-0.25, -0.2) is 0 Å². The third kappa shape index (κ3) is 2.07. The number of aliphatic hydroxyl groups is 1. The predicted octanol–water partition coefficient (Wildman–Crippen LogP) is 0.0707. The fourth-order valence-electron chi connectivity index (χ4n) is 2.87. The van der Waals surface area contributed by atoms with Crippen LogP contribution < -0.4 is 5.32 Å². The van der Waals surface area contributed by atoms with Crippen LogP contribution in [-0.2, 0) is 14.3 Å². The van der Waals surface area contributed by atoms with Gasteiger partial charge in [0.25, 0.3) is 0 Å². The molecule has 0 amide bonds. The fraction of sp³-hybridized carbons (Fsp3) is 0.917. The molecular formula is C12H21NO4. The summed E-state index contributed by atoms with van der Waals surface area (Å²) < 4.78 is 10.5. The van der Waals surface area contributed by atoms with Crippen molar-refractivity contribution in [3.8, 4) is 0 Å². The Morgan fingerprint density at radius 1 is 1.41 bits per heavy atom. The highest BCUT2D eigenvalue weighted by atomic mass is 16.5. The van der Waals surface area contributed by atoms with Crippen molar-refractivity contribution in [1.82, 2.24) is 5.32 Å². The van der Waals surface area contributed by atoms with Gasteiger partial charge >= 0.3 is 5.97 Å². The zero-order valence-corrected chi connectivity index (χ0v) is 10.3. The van der Waals surface area contributed by atoms with E-state index in [4.69, 9.17) is 9.47 Å². The first kappa shape index (κ1) is 12.8. The highest BCUT2D eigenvalue weighted by molar-refractivity contribution is 5.79. The molecule has 0 aromatic rings. The average molecular weight is 243 g/mol. The van der Waals surface area contributed by atoms with Gasteiger partial charge in [-0.3, -0.25) is 4.79 Å². The number of hydrogen-bond donors (Lipinski definition) is 2. The van der Waals surface area contributed by atoms with Crippen molar-refractivity contribution in [3.05, 3.63) is 0 Å². The highest BCUT2D eigenvalue weighted by Crippen LogP contribution is 2.45. The van der Waals surface area contributed by atoms with Crippen molar-refractivity contribution in [1.29, 1.82) is 0 Å². The van der Waals surface area contributed by atoms with E-state index >= 15 is 0 Å². The molecule has 2 N–H and O–H groups in total. The smallest absolute Gasteiger partial charge is 0.317 e. The summed E-state index contributed by atoms with van der Waals surface area (Å²) in [6.45, 7) is 4.40. The number of ether oxygens (including phenoxy) is 2. The zero-order chi connectivity index (χ0) is 12.4. The second-order valence-corrected chi connectivity index (χ2v) is 4.89. The van der Waals surface area contributed by atoms with Gasteiger partial charge in [0.05, 0.1) is 18.8 Å². The first-order chi connectivity index (χ1) is 8.15. The molecule has 0 bridgehead atoms. The summed E-state index contributed by atoms with van der Waals surface area (Å²) in [4.78, 5) is 12.2. The van der Waals surface area contributed by atoms with Gasteiger partial charge < -0.3 is 19.9 Å². The van der Waals surface area contributed by atoms with E-state index in [2.05, 4.69) is 5.32 Å². The summed E-state index contributed by atoms with van der Waals surface area (Å²) in [6, 6.07) is 0. The van der Waals surface area contributed by atoms with Crippen LogP contribution in [0.5, 0.6) is 0 Å². The first-order valence-electron chi connectivity index (χ1n) is 6.33. The molecule has 5 nitrogen and oxygen atoms in total. The van der Waals surface area contributed by atoms with Crippen LogP contribution in [0.4, 0.5) is 0 Å². The molecular weight excluding hydrogens is 222 g/mol. The van der Waals surface area contributed by atoms with Gasteiger partial charge in [0.2, 0.25) is 0 Å². The largest absolute Gasteiger partial charge is 0.465 e. The molecule has 2 rings (SSSR count). The van der Waals surface area contributed by atoms with E-state index in [0.717, 1.165) is 13.1 Å². The van der Waals surface area contributed by atoms with Gasteiger partial charge in [0, 0.05) is 6.61 Å². The molecule has 5 heteroatoms. The minimum absolute atomic E-state index is 0.280. The lowest BCUT2D eigenvalue weighted by atomic mass is 9.66. The van der Waals surface area contributed by atoms with Crippen molar-refractivity contribution < 1.29 is 19.4 Å². The zero-order valence-electron chi connectivity index (χ0n) is 10.3. The molecule has 0 aromatic heterocycles. The number of esters is 1. The predicted molar refractivity (Wildman–Crippen MR) is 61.6 cm³/mol. The van der Waals surface area contributed by atoms with Crippen LogP contribution in [0.1, 0.15) is 26.2 Å². The van der Waals surface area contributed by atoms with Crippen LogP contribution in [0, 0.1) is 5.41 Å². The summed E-state index contributed by atoms with van der Waals surface area (Å²) >= 11 is 0. The molecule has 2 fully saturated rings. The Kier molecular flexibility index (Phi) is 3.70. The Bertz CT molecular complexity index is 280. The van der Waals surface area contributed by atoms with Crippen LogP contribution in [-0.4, -0.2) is 49.6 Å². The Morgan fingerprint density at radius 3 is 2.65 bits per heavy atom.